The molecule has 0 aliphatic rings. The predicted molar refractivity (Wildman–Crippen MR) is 71.1 cm³/mol. The second-order valence-electron chi connectivity index (χ2n) is 4.98. The highest BCUT2D eigenvalue weighted by atomic mass is 19.4. The van der Waals surface area contributed by atoms with Gasteiger partial charge in [0, 0.05) is 6.42 Å². The van der Waals surface area contributed by atoms with Gasteiger partial charge >= 0.3 is 18.3 Å². The van der Waals surface area contributed by atoms with Crippen molar-refractivity contribution < 1.29 is 42.4 Å². The largest absolute Gasteiger partial charge is 0.573 e. The number of rotatable bonds is 7. The Balaban J connectivity index is 3.16. The molecule has 1 rings (SSSR count). The van der Waals surface area contributed by atoms with Crippen LogP contribution in [0.2, 0.25) is 0 Å². The first kappa shape index (κ1) is 18.8. The van der Waals surface area contributed by atoms with Gasteiger partial charge in [0.15, 0.2) is 0 Å². The molecule has 0 bridgehead atoms. The van der Waals surface area contributed by atoms with Gasteiger partial charge in [-0.15, -0.1) is 13.2 Å². The minimum Gasteiger partial charge on any atom is -0.479 e. The lowest BCUT2D eigenvalue weighted by Crippen LogP contribution is -2.52. The normalized spacial score (nSPS) is 12.3. The molecule has 0 aliphatic carbocycles. The molecule has 1 aromatic rings. The van der Waals surface area contributed by atoms with Crippen LogP contribution in [0.5, 0.6) is 5.75 Å². The molecule has 0 aromatic heterocycles. The maximum absolute atomic E-state index is 12.2. The Bertz CT molecular complexity index is 568. The van der Waals surface area contributed by atoms with Gasteiger partial charge in [-0.1, -0.05) is 12.1 Å². The average molecular weight is 336 g/mol. The molecular formula is C14H15F3O6. The van der Waals surface area contributed by atoms with Crippen LogP contribution < -0.4 is 4.74 Å². The standard InChI is InChI=1S/C14H15F3O6/c1-8(2)22-13(11(18)19,12(20)21)7-9-4-3-5-10(6-9)23-14(15,16)17/h3-6,8H,7H2,1-2H3,(H,18,19)(H,20,21). The number of hydrogen-bond acceptors (Lipinski definition) is 4. The van der Waals surface area contributed by atoms with Crippen molar-refractivity contribution in [3.05, 3.63) is 29.8 Å². The van der Waals surface area contributed by atoms with E-state index in [0.717, 1.165) is 12.1 Å². The Morgan fingerprint density at radius 2 is 1.74 bits per heavy atom. The molecule has 0 amide bonds. The number of alkyl halides is 3. The molecule has 0 spiro atoms. The van der Waals surface area contributed by atoms with Crippen LogP contribution in [0.25, 0.3) is 0 Å². The van der Waals surface area contributed by atoms with Gasteiger partial charge in [-0.2, -0.15) is 0 Å². The predicted octanol–water partition coefficient (Wildman–Crippen LogP) is 2.46. The number of aliphatic carboxylic acids is 2. The third-order valence-electron chi connectivity index (χ3n) is 2.71. The highest BCUT2D eigenvalue weighted by molar-refractivity contribution is 6.02. The zero-order valence-electron chi connectivity index (χ0n) is 12.3. The van der Waals surface area contributed by atoms with Crippen molar-refractivity contribution in [3.8, 4) is 5.75 Å². The monoisotopic (exact) mass is 336 g/mol. The number of hydrogen-bond donors (Lipinski definition) is 2. The summed E-state index contributed by atoms with van der Waals surface area (Å²) in [5.74, 6) is -4.08. The van der Waals surface area contributed by atoms with Gasteiger partial charge < -0.3 is 19.7 Å². The molecule has 0 saturated heterocycles. The van der Waals surface area contributed by atoms with E-state index < -0.39 is 42.2 Å². The van der Waals surface area contributed by atoms with Gasteiger partial charge in [0.25, 0.3) is 5.60 Å². The van der Waals surface area contributed by atoms with Crippen molar-refractivity contribution in [3.63, 3.8) is 0 Å². The summed E-state index contributed by atoms with van der Waals surface area (Å²) in [5, 5.41) is 18.5. The Kier molecular flexibility index (Phi) is 5.60. The van der Waals surface area contributed by atoms with Gasteiger partial charge in [-0.05, 0) is 31.5 Å². The molecule has 1 aromatic carbocycles. The first-order valence-electron chi connectivity index (χ1n) is 6.45. The Morgan fingerprint density at radius 3 is 2.17 bits per heavy atom. The van der Waals surface area contributed by atoms with Crippen molar-refractivity contribution in [2.75, 3.05) is 0 Å². The molecular weight excluding hydrogens is 321 g/mol. The Labute approximate surface area is 129 Å². The minimum atomic E-state index is -4.91. The highest BCUT2D eigenvalue weighted by Gasteiger charge is 2.49. The fourth-order valence-electron chi connectivity index (χ4n) is 1.93. The lowest BCUT2D eigenvalue weighted by molar-refractivity contribution is -0.274. The number of halogens is 3. The van der Waals surface area contributed by atoms with E-state index >= 15 is 0 Å². The summed E-state index contributed by atoms with van der Waals surface area (Å²) in [4.78, 5) is 22.8. The molecule has 2 N–H and O–H groups in total. The van der Waals surface area contributed by atoms with Crippen LogP contribution in [0.4, 0.5) is 13.2 Å². The maximum Gasteiger partial charge on any atom is 0.573 e. The summed E-state index contributed by atoms with van der Waals surface area (Å²) in [5.41, 5.74) is -2.59. The van der Waals surface area contributed by atoms with Crippen LogP contribution in [0, 0.1) is 0 Å². The average Bonchev–Trinajstić information content (AvgIpc) is 2.34. The summed E-state index contributed by atoms with van der Waals surface area (Å²) in [6.07, 6.45) is -6.30. The molecule has 9 heteroatoms. The van der Waals surface area contributed by atoms with Gasteiger partial charge in [0.1, 0.15) is 5.75 Å². The Hall–Kier alpha value is -2.29. The van der Waals surface area contributed by atoms with E-state index in [4.69, 9.17) is 4.74 Å². The van der Waals surface area contributed by atoms with E-state index in [1.165, 1.54) is 26.0 Å². The van der Waals surface area contributed by atoms with Gasteiger partial charge in [-0.3, -0.25) is 0 Å². The third-order valence-corrected chi connectivity index (χ3v) is 2.71. The number of ether oxygens (including phenoxy) is 2. The van der Waals surface area contributed by atoms with Crippen LogP contribution in [-0.2, 0) is 20.7 Å². The number of benzene rings is 1. The van der Waals surface area contributed by atoms with Crippen molar-refractivity contribution in [1.82, 2.24) is 0 Å². The summed E-state index contributed by atoms with van der Waals surface area (Å²) in [7, 11) is 0. The zero-order valence-corrected chi connectivity index (χ0v) is 12.3. The molecule has 0 atom stereocenters. The van der Waals surface area contributed by atoms with Crippen molar-refractivity contribution in [2.45, 2.75) is 38.3 Å². The highest BCUT2D eigenvalue weighted by Crippen LogP contribution is 2.27. The molecule has 0 heterocycles. The van der Waals surface area contributed by atoms with E-state index in [1.54, 1.807) is 0 Å². The van der Waals surface area contributed by atoms with Gasteiger partial charge in [0.05, 0.1) is 6.10 Å². The molecule has 0 fully saturated rings. The van der Waals surface area contributed by atoms with E-state index in [9.17, 15) is 33.0 Å². The SMILES string of the molecule is CC(C)OC(Cc1cccc(OC(F)(F)F)c1)(C(=O)O)C(=O)O. The van der Waals surface area contributed by atoms with Gasteiger partial charge in [0.2, 0.25) is 0 Å². The quantitative estimate of drug-likeness (QED) is 0.743. The maximum atomic E-state index is 12.2. The third kappa shape index (κ3) is 5.13. The van der Waals surface area contributed by atoms with Gasteiger partial charge in [-0.25, -0.2) is 9.59 Å². The summed E-state index contributed by atoms with van der Waals surface area (Å²) in [6.45, 7) is 2.90. The van der Waals surface area contributed by atoms with E-state index in [1.807, 2.05) is 0 Å². The number of carboxylic acids is 2. The molecule has 0 radical (unpaired) electrons. The summed E-state index contributed by atoms with van der Waals surface area (Å²) >= 11 is 0. The zero-order chi connectivity index (χ0) is 17.8. The van der Waals surface area contributed by atoms with Crippen molar-refractivity contribution in [1.29, 1.82) is 0 Å². The van der Waals surface area contributed by atoms with E-state index in [0.29, 0.717) is 0 Å². The fourth-order valence-corrected chi connectivity index (χ4v) is 1.93. The van der Waals surface area contributed by atoms with Crippen LogP contribution in [0.1, 0.15) is 19.4 Å². The lowest BCUT2D eigenvalue weighted by Gasteiger charge is -2.27. The molecule has 0 aliphatic heterocycles. The smallest absolute Gasteiger partial charge is 0.479 e. The molecule has 0 unspecified atom stereocenters. The molecule has 23 heavy (non-hydrogen) atoms. The van der Waals surface area contributed by atoms with Crippen LogP contribution >= 0.6 is 0 Å². The first-order valence-corrected chi connectivity index (χ1v) is 6.45. The van der Waals surface area contributed by atoms with Crippen molar-refractivity contribution >= 4 is 11.9 Å². The first-order chi connectivity index (χ1) is 10.5. The Morgan fingerprint density at radius 1 is 1.17 bits per heavy atom. The van der Waals surface area contributed by atoms with E-state index in [-0.39, 0.29) is 5.56 Å². The minimum absolute atomic E-state index is 0.0113. The molecule has 128 valence electrons. The topological polar surface area (TPSA) is 93.1 Å². The van der Waals surface area contributed by atoms with Crippen molar-refractivity contribution in [2.24, 2.45) is 0 Å². The fraction of sp³-hybridized carbons (Fsp3) is 0.429. The second-order valence-corrected chi connectivity index (χ2v) is 4.98. The lowest BCUT2D eigenvalue weighted by atomic mass is 9.94. The molecule has 0 saturated carbocycles. The summed E-state index contributed by atoms with van der Waals surface area (Å²) in [6, 6.07) is 4.41. The van der Waals surface area contributed by atoms with Crippen LogP contribution in [0.3, 0.4) is 0 Å². The summed E-state index contributed by atoms with van der Waals surface area (Å²) < 4.78 is 45.4. The second kappa shape index (κ2) is 6.86. The number of carboxylic acid groups (broad SMARTS) is 2. The molecule has 6 nitrogen and oxygen atoms in total. The van der Waals surface area contributed by atoms with Crippen LogP contribution in [-0.4, -0.2) is 40.2 Å². The van der Waals surface area contributed by atoms with E-state index in [2.05, 4.69) is 4.74 Å². The number of carbonyl (C=O) groups is 2. The van der Waals surface area contributed by atoms with Crippen LogP contribution in [0.15, 0.2) is 24.3 Å².